The highest BCUT2D eigenvalue weighted by Crippen LogP contribution is 2.04. The molecule has 0 aromatic heterocycles. The molecule has 1 amide bonds. The number of nitrogens with one attached hydrogen (secondary N) is 1. The smallest absolute Gasteiger partial charge is 0.222 e. The van der Waals surface area contributed by atoms with Gasteiger partial charge in [0.1, 0.15) is 0 Å². The van der Waals surface area contributed by atoms with E-state index in [-0.39, 0.29) is 5.91 Å². The SMILES string of the molecule is CCc1ccc(CNCCCC(=O)N(C)C)cc1. The molecular weight excluding hydrogens is 224 g/mol. The van der Waals surface area contributed by atoms with Crippen LogP contribution in [-0.2, 0) is 17.8 Å². The first-order valence-electron chi connectivity index (χ1n) is 6.62. The minimum atomic E-state index is 0.198. The molecule has 0 spiro atoms. The number of amides is 1. The van der Waals surface area contributed by atoms with Crippen LogP contribution in [0.4, 0.5) is 0 Å². The van der Waals surface area contributed by atoms with E-state index in [9.17, 15) is 4.79 Å². The van der Waals surface area contributed by atoms with E-state index in [1.54, 1.807) is 19.0 Å². The van der Waals surface area contributed by atoms with Crippen LogP contribution in [0.3, 0.4) is 0 Å². The molecule has 1 N–H and O–H groups in total. The number of benzene rings is 1. The van der Waals surface area contributed by atoms with Crippen LogP contribution in [0.15, 0.2) is 24.3 Å². The van der Waals surface area contributed by atoms with E-state index >= 15 is 0 Å². The quantitative estimate of drug-likeness (QED) is 0.750. The molecule has 0 heterocycles. The van der Waals surface area contributed by atoms with Crippen molar-refractivity contribution in [2.45, 2.75) is 32.7 Å². The number of aryl methyl sites for hydroxylation is 1. The number of hydrogen-bond donors (Lipinski definition) is 1. The second-order valence-electron chi connectivity index (χ2n) is 4.74. The number of carbonyl (C=O) groups excluding carboxylic acids is 1. The van der Waals surface area contributed by atoms with Gasteiger partial charge in [0.2, 0.25) is 5.91 Å². The zero-order chi connectivity index (χ0) is 13.4. The van der Waals surface area contributed by atoms with Crippen LogP contribution in [0.25, 0.3) is 0 Å². The van der Waals surface area contributed by atoms with E-state index in [0.29, 0.717) is 6.42 Å². The van der Waals surface area contributed by atoms with Crippen molar-refractivity contribution in [2.75, 3.05) is 20.6 Å². The summed E-state index contributed by atoms with van der Waals surface area (Å²) in [5, 5.41) is 3.36. The molecule has 0 aliphatic carbocycles. The van der Waals surface area contributed by atoms with Crippen LogP contribution in [0.2, 0.25) is 0 Å². The van der Waals surface area contributed by atoms with Gasteiger partial charge in [-0.25, -0.2) is 0 Å². The third-order valence-electron chi connectivity index (χ3n) is 3.00. The van der Waals surface area contributed by atoms with Gasteiger partial charge in [-0.3, -0.25) is 4.79 Å². The van der Waals surface area contributed by atoms with E-state index in [1.807, 2.05) is 0 Å². The lowest BCUT2D eigenvalue weighted by Gasteiger charge is -2.10. The van der Waals surface area contributed by atoms with Gasteiger partial charge in [-0.2, -0.15) is 0 Å². The number of rotatable bonds is 7. The van der Waals surface area contributed by atoms with Crippen LogP contribution >= 0.6 is 0 Å². The lowest BCUT2D eigenvalue weighted by molar-refractivity contribution is -0.128. The second-order valence-corrected chi connectivity index (χ2v) is 4.74. The molecule has 3 heteroatoms. The lowest BCUT2D eigenvalue weighted by atomic mass is 10.1. The first-order chi connectivity index (χ1) is 8.63. The fraction of sp³-hybridized carbons (Fsp3) is 0.533. The summed E-state index contributed by atoms with van der Waals surface area (Å²) < 4.78 is 0. The molecule has 0 fully saturated rings. The lowest BCUT2D eigenvalue weighted by Crippen LogP contribution is -2.23. The monoisotopic (exact) mass is 248 g/mol. The number of nitrogens with zero attached hydrogens (tertiary/aromatic N) is 1. The molecule has 0 aliphatic heterocycles. The Labute approximate surface area is 110 Å². The van der Waals surface area contributed by atoms with E-state index in [1.165, 1.54) is 11.1 Å². The number of carbonyl (C=O) groups is 1. The van der Waals surface area contributed by atoms with Crippen LogP contribution in [0.1, 0.15) is 30.9 Å². The zero-order valence-corrected chi connectivity index (χ0v) is 11.7. The Kier molecular flexibility index (Phi) is 6.44. The average Bonchev–Trinajstić information content (AvgIpc) is 2.38. The summed E-state index contributed by atoms with van der Waals surface area (Å²) in [7, 11) is 3.59. The molecule has 18 heavy (non-hydrogen) atoms. The summed E-state index contributed by atoms with van der Waals surface area (Å²) in [5.74, 6) is 0.198. The van der Waals surface area contributed by atoms with Crippen molar-refractivity contribution in [3.63, 3.8) is 0 Å². The summed E-state index contributed by atoms with van der Waals surface area (Å²) in [4.78, 5) is 13.0. The maximum absolute atomic E-state index is 11.3. The highest BCUT2D eigenvalue weighted by Gasteiger charge is 2.02. The highest BCUT2D eigenvalue weighted by atomic mass is 16.2. The maximum atomic E-state index is 11.3. The summed E-state index contributed by atoms with van der Waals surface area (Å²) in [6.07, 6.45) is 2.60. The highest BCUT2D eigenvalue weighted by molar-refractivity contribution is 5.75. The Morgan fingerprint density at radius 1 is 1.17 bits per heavy atom. The van der Waals surface area contributed by atoms with Gasteiger partial charge in [0.15, 0.2) is 0 Å². The average molecular weight is 248 g/mol. The first kappa shape index (κ1) is 14.7. The molecular formula is C15H24N2O. The Morgan fingerprint density at radius 2 is 1.78 bits per heavy atom. The first-order valence-corrected chi connectivity index (χ1v) is 6.62. The van der Waals surface area contributed by atoms with Gasteiger partial charge < -0.3 is 10.2 Å². The fourth-order valence-electron chi connectivity index (χ4n) is 1.71. The minimum absolute atomic E-state index is 0.198. The molecule has 0 radical (unpaired) electrons. The summed E-state index contributed by atoms with van der Waals surface area (Å²) in [6.45, 7) is 3.92. The molecule has 1 aromatic rings. The molecule has 0 saturated carbocycles. The topological polar surface area (TPSA) is 32.3 Å². The van der Waals surface area contributed by atoms with Crippen LogP contribution in [-0.4, -0.2) is 31.4 Å². The Bertz CT molecular complexity index is 357. The second kappa shape index (κ2) is 7.88. The summed E-state index contributed by atoms with van der Waals surface area (Å²) in [6, 6.07) is 8.67. The molecule has 0 atom stereocenters. The third-order valence-corrected chi connectivity index (χ3v) is 3.00. The zero-order valence-electron chi connectivity index (χ0n) is 11.7. The molecule has 1 rings (SSSR count). The standard InChI is InChI=1S/C15H24N2O/c1-4-13-7-9-14(10-8-13)12-16-11-5-6-15(18)17(2)3/h7-10,16H,4-6,11-12H2,1-3H3. The molecule has 1 aromatic carbocycles. The third kappa shape index (κ3) is 5.32. The van der Waals surface area contributed by atoms with Gasteiger partial charge in [0.25, 0.3) is 0 Å². The van der Waals surface area contributed by atoms with Crippen molar-refractivity contribution >= 4 is 5.91 Å². The van der Waals surface area contributed by atoms with Crippen LogP contribution in [0.5, 0.6) is 0 Å². The van der Waals surface area contributed by atoms with Crippen molar-refractivity contribution in [3.8, 4) is 0 Å². The minimum Gasteiger partial charge on any atom is -0.349 e. The summed E-state index contributed by atoms with van der Waals surface area (Å²) >= 11 is 0. The van der Waals surface area contributed by atoms with E-state index in [0.717, 1.165) is 25.9 Å². The Morgan fingerprint density at radius 3 is 2.33 bits per heavy atom. The van der Waals surface area contributed by atoms with Crippen LogP contribution in [0, 0.1) is 0 Å². The van der Waals surface area contributed by atoms with Gasteiger partial charge >= 0.3 is 0 Å². The fourth-order valence-corrected chi connectivity index (χ4v) is 1.71. The van der Waals surface area contributed by atoms with Crippen molar-refractivity contribution in [3.05, 3.63) is 35.4 Å². The summed E-state index contributed by atoms with van der Waals surface area (Å²) in [5.41, 5.74) is 2.67. The predicted molar refractivity (Wildman–Crippen MR) is 75.5 cm³/mol. The van der Waals surface area contributed by atoms with Gasteiger partial charge in [0, 0.05) is 27.1 Å². The van der Waals surface area contributed by atoms with E-state index < -0.39 is 0 Å². The maximum Gasteiger partial charge on any atom is 0.222 e. The van der Waals surface area contributed by atoms with E-state index in [2.05, 4.69) is 36.5 Å². The Balaban J connectivity index is 2.15. The molecule has 0 aliphatic rings. The van der Waals surface area contributed by atoms with Crippen molar-refractivity contribution in [1.82, 2.24) is 10.2 Å². The Hall–Kier alpha value is -1.35. The normalized spacial score (nSPS) is 10.4. The van der Waals surface area contributed by atoms with Crippen molar-refractivity contribution in [2.24, 2.45) is 0 Å². The predicted octanol–water partition coefficient (Wildman–Crippen LogP) is 2.21. The molecule has 0 saturated heterocycles. The van der Waals surface area contributed by atoms with Gasteiger partial charge in [-0.05, 0) is 30.5 Å². The van der Waals surface area contributed by atoms with Gasteiger partial charge in [0.05, 0.1) is 0 Å². The van der Waals surface area contributed by atoms with Gasteiger partial charge in [-0.1, -0.05) is 31.2 Å². The number of hydrogen-bond acceptors (Lipinski definition) is 2. The van der Waals surface area contributed by atoms with Crippen molar-refractivity contribution < 1.29 is 4.79 Å². The molecule has 0 bridgehead atoms. The van der Waals surface area contributed by atoms with Crippen LogP contribution < -0.4 is 5.32 Å². The van der Waals surface area contributed by atoms with Crippen molar-refractivity contribution in [1.29, 1.82) is 0 Å². The van der Waals surface area contributed by atoms with E-state index in [4.69, 9.17) is 0 Å². The molecule has 3 nitrogen and oxygen atoms in total. The molecule has 0 unspecified atom stereocenters. The molecule has 100 valence electrons. The van der Waals surface area contributed by atoms with Gasteiger partial charge in [-0.15, -0.1) is 0 Å². The largest absolute Gasteiger partial charge is 0.349 e.